The first kappa shape index (κ1) is 18.1. The van der Waals surface area contributed by atoms with Gasteiger partial charge >= 0.3 is 0 Å². The molecule has 0 aliphatic rings. The lowest BCUT2D eigenvalue weighted by molar-refractivity contribution is -0.118. The van der Waals surface area contributed by atoms with Crippen molar-refractivity contribution in [3.8, 4) is 17.3 Å². The van der Waals surface area contributed by atoms with E-state index in [1.807, 2.05) is 6.07 Å². The summed E-state index contributed by atoms with van der Waals surface area (Å²) in [5.41, 5.74) is 0.657. The Kier molecular flexibility index (Phi) is 4.99. The molecule has 0 saturated carbocycles. The molecule has 0 bridgehead atoms. The second-order valence-electron chi connectivity index (χ2n) is 5.89. The van der Waals surface area contributed by atoms with Gasteiger partial charge in [0, 0.05) is 5.69 Å². The smallest absolute Gasteiger partial charge is 0.262 e. The monoisotopic (exact) mass is 439 g/mol. The molecule has 1 N–H and O–H groups in total. The maximum Gasteiger partial charge on any atom is 0.262 e. The largest absolute Gasteiger partial charge is 0.476 e. The number of ether oxygens (including phenoxy) is 1. The Morgan fingerprint density at radius 2 is 1.71 bits per heavy atom. The summed E-state index contributed by atoms with van der Waals surface area (Å²) < 4.78 is 17.4. The second-order valence-corrected chi connectivity index (χ2v) is 6.67. The highest BCUT2D eigenvalue weighted by Gasteiger charge is 2.21. The zero-order valence-corrected chi connectivity index (χ0v) is 16.1. The molecule has 28 heavy (non-hydrogen) atoms. The van der Waals surface area contributed by atoms with E-state index in [2.05, 4.69) is 21.2 Å². The summed E-state index contributed by atoms with van der Waals surface area (Å²) in [4.78, 5) is 25.1. The minimum absolute atomic E-state index is 0.0799. The zero-order valence-electron chi connectivity index (χ0n) is 14.5. The summed E-state index contributed by atoms with van der Waals surface area (Å²) >= 11 is 3.23. The molecule has 2 heterocycles. The zero-order chi connectivity index (χ0) is 19.5. The Balaban J connectivity index is 1.67. The van der Waals surface area contributed by atoms with Gasteiger partial charge in [0.1, 0.15) is 5.58 Å². The molecule has 0 fully saturated rings. The molecule has 2 aromatic heterocycles. The average Bonchev–Trinajstić information content (AvgIpc) is 3.14. The number of anilines is 1. The fourth-order valence-corrected chi connectivity index (χ4v) is 3.02. The fraction of sp³-hybridized carbons (Fsp3) is 0.0476. The number of carbonyl (C=O) groups excluding carboxylic acids is 1. The van der Waals surface area contributed by atoms with Crippen molar-refractivity contribution >= 4 is 38.5 Å². The lowest BCUT2D eigenvalue weighted by Crippen LogP contribution is -2.22. The Morgan fingerprint density at radius 1 is 0.964 bits per heavy atom. The Bertz CT molecular complexity index is 1200. The van der Waals surface area contributed by atoms with E-state index in [-0.39, 0.29) is 23.5 Å². The van der Waals surface area contributed by atoms with Crippen molar-refractivity contribution in [1.82, 2.24) is 0 Å². The number of nitrogens with one attached hydrogen (secondary N) is 1. The number of rotatable bonds is 5. The summed E-state index contributed by atoms with van der Waals surface area (Å²) in [6.45, 7) is -0.354. The first-order valence-electron chi connectivity index (χ1n) is 8.41. The minimum Gasteiger partial charge on any atom is -0.476 e. The van der Waals surface area contributed by atoms with Gasteiger partial charge in [0.2, 0.25) is 16.9 Å². The van der Waals surface area contributed by atoms with Crippen LogP contribution in [0.1, 0.15) is 0 Å². The van der Waals surface area contributed by atoms with E-state index in [9.17, 15) is 9.59 Å². The summed E-state index contributed by atoms with van der Waals surface area (Å²) in [7, 11) is 0. The van der Waals surface area contributed by atoms with Gasteiger partial charge < -0.3 is 18.9 Å². The number of para-hydroxylation sites is 2. The number of halogens is 1. The first-order valence-corrected chi connectivity index (χ1v) is 9.20. The molecule has 140 valence electrons. The first-order chi connectivity index (χ1) is 13.6. The maximum atomic E-state index is 12.9. The van der Waals surface area contributed by atoms with Gasteiger partial charge in [0.25, 0.3) is 5.91 Å². The van der Waals surface area contributed by atoms with Gasteiger partial charge in [-0.1, -0.05) is 30.3 Å². The average molecular weight is 440 g/mol. The van der Waals surface area contributed by atoms with E-state index in [1.165, 1.54) is 0 Å². The van der Waals surface area contributed by atoms with Gasteiger partial charge in [-0.25, -0.2) is 0 Å². The highest BCUT2D eigenvalue weighted by atomic mass is 79.9. The van der Waals surface area contributed by atoms with Crippen LogP contribution in [-0.2, 0) is 4.79 Å². The molecule has 0 aliphatic carbocycles. The van der Waals surface area contributed by atoms with Crippen LogP contribution in [0.4, 0.5) is 5.69 Å². The molecule has 1 amide bonds. The number of hydrogen-bond donors (Lipinski definition) is 1. The predicted molar refractivity (Wildman–Crippen MR) is 108 cm³/mol. The molecule has 0 unspecified atom stereocenters. The van der Waals surface area contributed by atoms with Crippen molar-refractivity contribution in [1.29, 1.82) is 0 Å². The summed E-state index contributed by atoms with van der Waals surface area (Å²) in [5, 5.41) is 3.06. The molecular weight excluding hydrogens is 426 g/mol. The van der Waals surface area contributed by atoms with E-state index < -0.39 is 5.91 Å². The van der Waals surface area contributed by atoms with E-state index in [1.54, 1.807) is 60.7 Å². The SMILES string of the molecule is O=C(COc1c(-c2ccc(Br)o2)oc2ccccc2c1=O)Nc1ccccc1. The third-order valence-electron chi connectivity index (χ3n) is 3.96. The lowest BCUT2D eigenvalue weighted by Gasteiger charge is -2.10. The molecule has 6 nitrogen and oxygen atoms in total. The highest BCUT2D eigenvalue weighted by Crippen LogP contribution is 2.33. The molecule has 0 saturated heterocycles. The summed E-state index contributed by atoms with van der Waals surface area (Å²) in [6.07, 6.45) is 0. The van der Waals surface area contributed by atoms with Crippen LogP contribution in [0.25, 0.3) is 22.5 Å². The number of benzene rings is 2. The molecule has 0 aliphatic heterocycles. The van der Waals surface area contributed by atoms with Crippen molar-refractivity contribution in [2.45, 2.75) is 0 Å². The van der Waals surface area contributed by atoms with Crippen LogP contribution in [0.2, 0.25) is 0 Å². The predicted octanol–water partition coefficient (Wildman–Crippen LogP) is 4.83. The summed E-state index contributed by atoms with van der Waals surface area (Å²) in [6, 6.07) is 19.1. The molecule has 4 rings (SSSR count). The number of furan rings is 1. The molecule has 0 radical (unpaired) electrons. The van der Waals surface area contributed by atoms with E-state index in [4.69, 9.17) is 13.6 Å². The highest BCUT2D eigenvalue weighted by molar-refractivity contribution is 9.10. The van der Waals surface area contributed by atoms with Crippen LogP contribution in [0.5, 0.6) is 5.75 Å². The molecule has 7 heteroatoms. The maximum absolute atomic E-state index is 12.9. The van der Waals surface area contributed by atoms with Crippen LogP contribution in [0.15, 0.2) is 85.0 Å². The minimum atomic E-state index is -0.398. The molecule has 0 spiro atoms. The van der Waals surface area contributed by atoms with Crippen molar-refractivity contribution in [2.24, 2.45) is 0 Å². The quantitative estimate of drug-likeness (QED) is 0.481. The summed E-state index contributed by atoms with van der Waals surface area (Å²) in [5.74, 6) is -0.0378. The standard InChI is InChI=1S/C21H14BrNO5/c22-17-11-10-16(27-17)20-21(19(25)14-8-4-5-9-15(14)28-20)26-12-18(24)23-13-6-2-1-3-7-13/h1-11H,12H2,(H,23,24). The van der Waals surface area contributed by atoms with Crippen LogP contribution < -0.4 is 15.5 Å². The normalized spacial score (nSPS) is 10.8. The van der Waals surface area contributed by atoms with Crippen molar-refractivity contribution in [3.63, 3.8) is 0 Å². The van der Waals surface area contributed by atoms with Crippen LogP contribution in [-0.4, -0.2) is 12.5 Å². The van der Waals surface area contributed by atoms with Gasteiger partial charge in [-0.05, 0) is 52.3 Å². The van der Waals surface area contributed by atoms with Crippen LogP contribution in [0, 0.1) is 0 Å². The molecule has 4 aromatic rings. The van der Waals surface area contributed by atoms with Crippen molar-refractivity contribution in [2.75, 3.05) is 11.9 Å². The Labute approximate surface area is 167 Å². The number of amides is 1. The van der Waals surface area contributed by atoms with Gasteiger partial charge in [0.05, 0.1) is 5.39 Å². The van der Waals surface area contributed by atoms with Crippen molar-refractivity contribution in [3.05, 3.63) is 81.6 Å². The third kappa shape index (κ3) is 3.70. The molecule has 2 aromatic carbocycles. The second kappa shape index (κ2) is 7.74. The van der Waals surface area contributed by atoms with E-state index in [0.717, 1.165) is 0 Å². The lowest BCUT2D eigenvalue weighted by atomic mass is 10.2. The van der Waals surface area contributed by atoms with Gasteiger partial charge in [0.15, 0.2) is 17.0 Å². The third-order valence-corrected chi connectivity index (χ3v) is 4.38. The fourth-order valence-electron chi connectivity index (χ4n) is 2.71. The van der Waals surface area contributed by atoms with Gasteiger partial charge in [-0.15, -0.1) is 0 Å². The topological polar surface area (TPSA) is 81.7 Å². The Hall–Kier alpha value is -3.32. The Morgan fingerprint density at radius 3 is 2.46 bits per heavy atom. The number of fused-ring (bicyclic) bond motifs is 1. The van der Waals surface area contributed by atoms with Crippen LogP contribution >= 0.6 is 15.9 Å². The van der Waals surface area contributed by atoms with E-state index >= 15 is 0 Å². The molecule has 0 atom stereocenters. The van der Waals surface area contributed by atoms with E-state index in [0.29, 0.717) is 27.1 Å². The molecular formula is C21H14BrNO5. The number of hydrogen-bond acceptors (Lipinski definition) is 5. The van der Waals surface area contributed by atoms with Crippen LogP contribution in [0.3, 0.4) is 0 Å². The van der Waals surface area contributed by atoms with Gasteiger partial charge in [-0.2, -0.15) is 0 Å². The number of carbonyl (C=O) groups is 1. The van der Waals surface area contributed by atoms with Gasteiger partial charge in [-0.3, -0.25) is 9.59 Å². The van der Waals surface area contributed by atoms with Crippen molar-refractivity contribution < 1.29 is 18.4 Å².